The molecule has 2 aromatic rings. The third kappa shape index (κ3) is 4.12. The number of ether oxygens (including phenoxy) is 2. The zero-order chi connectivity index (χ0) is 19.8. The number of benzene rings is 1. The minimum Gasteiger partial charge on any atom is -0.478 e. The molecule has 3 rings (SSSR count). The standard InChI is InChI=1S/C18H17ClF3NO4/c1-10-13(17(24)25)7-16(23(10)8-12-9-26-4-5-27-12)14-6-11(18(20,21)22)2-3-15(14)19/h2-3,6-7,12H,4-5,8-9H2,1H3,(H,24,25). The van der Waals surface area contributed by atoms with Gasteiger partial charge in [0.2, 0.25) is 0 Å². The van der Waals surface area contributed by atoms with Crippen molar-refractivity contribution in [3.05, 3.63) is 46.1 Å². The Kier molecular flexibility index (Phi) is 5.50. The predicted molar refractivity (Wildman–Crippen MR) is 92.1 cm³/mol. The molecule has 1 aromatic carbocycles. The monoisotopic (exact) mass is 403 g/mol. The lowest BCUT2D eigenvalue weighted by Crippen LogP contribution is -2.32. The Hall–Kier alpha value is -2.03. The van der Waals surface area contributed by atoms with E-state index in [9.17, 15) is 23.1 Å². The first-order chi connectivity index (χ1) is 12.7. The molecule has 1 aliphatic heterocycles. The second kappa shape index (κ2) is 7.53. The zero-order valence-electron chi connectivity index (χ0n) is 14.3. The van der Waals surface area contributed by atoms with Crippen LogP contribution in [0.25, 0.3) is 11.3 Å². The Labute approximate surface area is 158 Å². The van der Waals surface area contributed by atoms with E-state index in [0.717, 1.165) is 18.2 Å². The normalized spacial score (nSPS) is 17.9. The maximum absolute atomic E-state index is 13.1. The average molecular weight is 404 g/mol. The minimum absolute atomic E-state index is 0.00444. The first-order valence-corrected chi connectivity index (χ1v) is 8.56. The number of nitrogens with zero attached hydrogens (tertiary/aromatic N) is 1. The Morgan fingerprint density at radius 2 is 2.07 bits per heavy atom. The van der Waals surface area contributed by atoms with Crippen molar-refractivity contribution in [3.8, 4) is 11.3 Å². The molecule has 1 unspecified atom stereocenters. The molecule has 1 atom stereocenters. The molecule has 1 fully saturated rings. The van der Waals surface area contributed by atoms with Crippen LogP contribution in [0.4, 0.5) is 13.2 Å². The number of carboxylic acid groups (broad SMARTS) is 1. The lowest BCUT2D eigenvalue weighted by Gasteiger charge is -2.25. The van der Waals surface area contributed by atoms with Crippen molar-refractivity contribution in [2.24, 2.45) is 0 Å². The molecule has 0 aliphatic carbocycles. The summed E-state index contributed by atoms with van der Waals surface area (Å²) in [6.45, 7) is 3.01. The van der Waals surface area contributed by atoms with E-state index in [1.165, 1.54) is 6.07 Å². The van der Waals surface area contributed by atoms with Gasteiger partial charge in [0.05, 0.1) is 49.3 Å². The van der Waals surface area contributed by atoms with Crippen LogP contribution in [0.1, 0.15) is 21.6 Å². The first-order valence-electron chi connectivity index (χ1n) is 8.18. The van der Waals surface area contributed by atoms with Gasteiger partial charge in [0.15, 0.2) is 0 Å². The van der Waals surface area contributed by atoms with Crippen molar-refractivity contribution < 1.29 is 32.5 Å². The van der Waals surface area contributed by atoms with E-state index in [-0.39, 0.29) is 34.5 Å². The molecule has 27 heavy (non-hydrogen) atoms. The Bertz CT molecular complexity index is 857. The van der Waals surface area contributed by atoms with Crippen molar-refractivity contribution in [1.29, 1.82) is 0 Å². The highest BCUT2D eigenvalue weighted by atomic mass is 35.5. The summed E-state index contributed by atoms with van der Waals surface area (Å²) in [7, 11) is 0. The van der Waals surface area contributed by atoms with Crippen molar-refractivity contribution in [3.63, 3.8) is 0 Å². The number of alkyl halides is 3. The van der Waals surface area contributed by atoms with Gasteiger partial charge in [-0.15, -0.1) is 0 Å². The van der Waals surface area contributed by atoms with E-state index in [4.69, 9.17) is 21.1 Å². The van der Waals surface area contributed by atoms with E-state index in [1.807, 2.05) is 0 Å². The van der Waals surface area contributed by atoms with Crippen LogP contribution in [0.3, 0.4) is 0 Å². The van der Waals surface area contributed by atoms with Gasteiger partial charge in [0.25, 0.3) is 0 Å². The third-order valence-corrected chi connectivity index (χ3v) is 4.77. The summed E-state index contributed by atoms with van der Waals surface area (Å²) in [4.78, 5) is 11.5. The summed E-state index contributed by atoms with van der Waals surface area (Å²) in [5.74, 6) is -1.17. The van der Waals surface area contributed by atoms with Gasteiger partial charge >= 0.3 is 12.1 Å². The quantitative estimate of drug-likeness (QED) is 0.829. The van der Waals surface area contributed by atoms with Gasteiger partial charge in [-0.25, -0.2) is 4.79 Å². The number of aromatic carboxylic acids is 1. The number of hydrogen-bond acceptors (Lipinski definition) is 3. The van der Waals surface area contributed by atoms with Crippen LogP contribution in [0.15, 0.2) is 24.3 Å². The van der Waals surface area contributed by atoms with Crippen LogP contribution < -0.4 is 0 Å². The molecule has 146 valence electrons. The molecule has 1 N–H and O–H groups in total. The molecule has 0 spiro atoms. The summed E-state index contributed by atoms with van der Waals surface area (Å²) in [5, 5.41) is 9.52. The van der Waals surface area contributed by atoms with Crippen molar-refractivity contribution in [2.75, 3.05) is 19.8 Å². The van der Waals surface area contributed by atoms with E-state index in [0.29, 0.717) is 25.5 Å². The third-order valence-electron chi connectivity index (χ3n) is 4.44. The first kappa shape index (κ1) is 19.7. The molecule has 0 radical (unpaired) electrons. The van der Waals surface area contributed by atoms with Gasteiger partial charge in [0.1, 0.15) is 0 Å². The topological polar surface area (TPSA) is 60.7 Å². The fourth-order valence-corrected chi connectivity index (χ4v) is 3.28. The molecule has 5 nitrogen and oxygen atoms in total. The molecule has 9 heteroatoms. The van der Waals surface area contributed by atoms with Crippen molar-refractivity contribution in [2.45, 2.75) is 25.7 Å². The largest absolute Gasteiger partial charge is 0.478 e. The summed E-state index contributed by atoms with van der Waals surface area (Å²) < 4.78 is 51.9. The number of carboxylic acids is 1. The van der Waals surface area contributed by atoms with E-state index < -0.39 is 17.7 Å². The highest BCUT2D eigenvalue weighted by Crippen LogP contribution is 2.37. The number of carbonyl (C=O) groups is 1. The van der Waals surface area contributed by atoms with E-state index in [1.54, 1.807) is 11.5 Å². The second-order valence-electron chi connectivity index (χ2n) is 6.20. The van der Waals surface area contributed by atoms with Gasteiger partial charge < -0.3 is 19.1 Å². The van der Waals surface area contributed by atoms with Gasteiger partial charge in [-0.05, 0) is 31.2 Å². The summed E-state index contributed by atoms with van der Waals surface area (Å²) in [6, 6.07) is 4.31. The van der Waals surface area contributed by atoms with E-state index in [2.05, 4.69) is 0 Å². The highest BCUT2D eigenvalue weighted by Gasteiger charge is 2.32. The summed E-state index contributed by atoms with van der Waals surface area (Å²) in [6.07, 6.45) is -4.88. The number of hydrogen-bond donors (Lipinski definition) is 1. The fourth-order valence-electron chi connectivity index (χ4n) is 3.06. The SMILES string of the molecule is Cc1c(C(=O)O)cc(-c2cc(C(F)(F)F)ccc2Cl)n1CC1COCCO1. The lowest BCUT2D eigenvalue weighted by atomic mass is 10.1. The molecule has 1 saturated heterocycles. The van der Waals surface area contributed by atoms with Crippen LogP contribution >= 0.6 is 11.6 Å². The summed E-state index contributed by atoms with van der Waals surface area (Å²) >= 11 is 6.15. The maximum atomic E-state index is 13.1. The van der Waals surface area contributed by atoms with Crippen LogP contribution in [-0.4, -0.2) is 41.6 Å². The van der Waals surface area contributed by atoms with Crippen LogP contribution in [0, 0.1) is 6.92 Å². The van der Waals surface area contributed by atoms with Gasteiger partial charge in [0, 0.05) is 16.3 Å². The van der Waals surface area contributed by atoms with Crippen LogP contribution in [-0.2, 0) is 22.2 Å². The zero-order valence-corrected chi connectivity index (χ0v) is 15.1. The van der Waals surface area contributed by atoms with Crippen LogP contribution in [0.5, 0.6) is 0 Å². The molecule has 1 aliphatic rings. The molecule has 0 saturated carbocycles. The van der Waals surface area contributed by atoms with Crippen molar-refractivity contribution in [1.82, 2.24) is 4.57 Å². The van der Waals surface area contributed by atoms with Crippen LogP contribution in [0.2, 0.25) is 5.02 Å². The molecule has 0 bridgehead atoms. The van der Waals surface area contributed by atoms with Gasteiger partial charge in [-0.3, -0.25) is 0 Å². The predicted octanol–water partition coefficient (Wildman–Crippen LogP) is 4.25. The number of rotatable bonds is 4. The highest BCUT2D eigenvalue weighted by molar-refractivity contribution is 6.33. The Morgan fingerprint density at radius 1 is 1.33 bits per heavy atom. The lowest BCUT2D eigenvalue weighted by molar-refractivity contribution is -0.137. The molecule has 2 heterocycles. The Morgan fingerprint density at radius 3 is 2.67 bits per heavy atom. The molecule has 1 aromatic heterocycles. The Balaban J connectivity index is 2.11. The minimum atomic E-state index is -4.54. The second-order valence-corrected chi connectivity index (χ2v) is 6.61. The van der Waals surface area contributed by atoms with Gasteiger partial charge in [-0.1, -0.05) is 11.6 Å². The van der Waals surface area contributed by atoms with Gasteiger partial charge in [-0.2, -0.15) is 13.2 Å². The summed E-state index contributed by atoms with van der Waals surface area (Å²) in [5.41, 5.74) is -0.0641. The smallest absolute Gasteiger partial charge is 0.416 e. The fraction of sp³-hybridized carbons (Fsp3) is 0.389. The van der Waals surface area contributed by atoms with Crippen molar-refractivity contribution >= 4 is 17.6 Å². The molecule has 0 amide bonds. The van der Waals surface area contributed by atoms with E-state index >= 15 is 0 Å². The number of halogens is 4. The molecular formula is C18H17ClF3NO4. The maximum Gasteiger partial charge on any atom is 0.416 e. The number of aromatic nitrogens is 1. The average Bonchev–Trinajstić information content (AvgIpc) is 2.92. The molecular weight excluding hydrogens is 387 g/mol.